The average molecular weight is 195 g/mol. The van der Waals surface area contributed by atoms with Gasteiger partial charge < -0.3 is 4.74 Å². The van der Waals surface area contributed by atoms with Gasteiger partial charge in [-0.25, -0.2) is 4.79 Å². The number of nitrogens with zero attached hydrogens (tertiary/aromatic N) is 1. The third kappa shape index (κ3) is 2.91. The molecule has 1 heterocycles. The highest BCUT2D eigenvalue weighted by Gasteiger charge is 2.23. The molecule has 0 spiro atoms. The molecule has 0 bridgehead atoms. The van der Waals surface area contributed by atoms with Gasteiger partial charge in [0, 0.05) is 11.9 Å². The molecule has 1 amide bonds. The van der Waals surface area contributed by atoms with Crippen molar-refractivity contribution in [2.75, 3.05) is 0 Å². The van der Waals surface area contributed by atoms with Crippen molar-refractivity contribution in [3.05, 3.63) is 24.6 Å². The van der Waals surface area contributed by atoms with Crippen LogP contribution in [0.5, 0.6) is 0 Å². The average Bonchev–Trinajstić information content (AvgIpc) is 2.01. The van der Waals surface area contributed by atoms with Crippen molar-refractivity contribution in [2.24, 2.45) is 0 Å². The summed E-state index contributed by atoms with van der Waals surface area (Å²) < 4.78 is 5.22. The summed E-state index contributed by atoms with van der Waals surface area (Å²) in [6, 6.07) is 0. The molecule has 0 N–H and O–H groups in total. The molecule has 1 rings (SSSR count). The quantitative estimate of drug-likeness (QED) is 0.594. The predicted molar refractivity (Wildman–Crippen MR) is 55.6 cm³/mol. The Morgan fingerprint density at radius 3 is 2.71 bits per heavy atom. The number of hydrogen-bond donors (Lipinski definition) is 0. The second-order valence-electron chi connectivity index (χ2n) is 4.34. The molecule has 0 saturated heterocycles. The summed E-state index contributed by atoms with van der Waals surface area (Å²) in [5.41, 5.74) is 0.338. The summed E-state index contributed by atoms with van der Waals surface area (Å²) in [5, 5.41) is 0. The van der Waals surface area contributed by atoms with Crippen LogP contribution in [0.15, 0.2) is 24.6 Å². The molecule has 0 saturated carbocycles. The van der Waals surface area contributed by atoms with E-state index in [0.29, 0.717) is 0 Å². The molecule has 78 valence electrons. The summed E-state index contributed by atoms with van der Waals surface area (Å²) in [7, 11) is 0. The van der Waals surface area contributed by atoms with Gasteiger partial charge in [-0.3, -0.25) is 4.90 Å². The highest BCUT2D eigenvalue weighted by Crippen LogP contribution is 2.19. The Kier molecular flexibility index (Phi) is 2.99. The van der Waals surface area contributed by atoms with Gasteiger partial charge >= 0.3 is 6.09 Å². The van der Waals surface area contributed by atoms with E-state index in [2.05, 4.69) is 6.58 Å². The van der Waals surface area contributed by atoms with Crippen LogP contribution in [0.1, 0.15) is 33.6 Å². The second kappa shape index (κ2) is 3.86. The molecule has 0 aromatic heterocycles. The van der Waals surface area contributed by atoms with Crippen molar-refractivity contribution in [1.29, 1.82) is 0 Å². The summed E-state index contributed by atoms with van der Waals surface area (Å²) >= 11 is 0. The van der Waals surface area contributed by atoms with Crippen molar-refractivity contribution in [1.82, 2.24) is 4.90 Å². The summed E-state index contributed by atoms with van der Waals surface area (Å²) in [4.78, 5) is 13.1. The largest absolute Gasteiger partial charge is 0.443 e. The minimum atomic E-state index is -0.456. The Morgan fingerprint density at radius 1 is 1.57 bits per heavy atom. The third-order valence-electron chi connectivity index (χ3n) is 1.78. The lowest BCUT2D eigenvalue weighted by Crippen LogP contribution is -2.33. The van der Waals surface area contributed by atoms with Crippen molar-refractivity contribution in [3.63, 3.8) is 0 Å². The summed E-state index contributed by atoms with van der Waals surface area (Å²) in [5.74, 6) is 0. The van der Waals surface area contributed by atoms with Crippen LogP contribution in [0.4, 0.5) is 4.79 Å². The van der Waals surface area contributed by atoms with Gasteiger partial charge in [0.05, 0.1) is 0 Å². The zero-order valence-corrected chi connectivity index (χ0v) is 9.04. The second-order valence-corrected chi connectivity index (χ2v) is 4.34. The number of amides is 1. The first-order valence-electron chi connectivity index (χ1n) is 4.77. The van der Waals surface area contributed by atoms with E-state index in [0.717, 1.165) is 18.5 Å². The molecule has 1 aliphatic heterocycles. The monoisotopic (exact) mass is 195 g/mol. The third-order valence-corrected chi connectivity index (χ3v) is 1.78. The highest BCUT2D eigenvalue weighted by atomic mass is 16.6. The van der Waals surface area contributed by atoms with Crippen LogP contribution >= 0.6 is 0 Å². The van der Waals surface area contributed by atoms with E-state index in [1.807, 2.05) is 26.8 Å². The van der Waals surface area contributed by atoms with Crippen molar-refractivity contribution >= 4 is 6.09 Å². The van der Waals surface area contributed by atoms with Crippen molar-refractivity contribution in [2.45, 2.75) is 39.2 Å². The van der Waals surface area contributed by atoms with Crippen molar-refractivity contribution < 1.29 is 9.53 Å². The van der Waals surface area contributed by atoms with Crippen LogP contribution in [-0.2, 0) is 4.74 Å². The molecular weight excluding hydrogens is 178 g/mol. The molecule has 0 aromatic rings. The van der Waals surface area contributed by atoms with Crippen LogP contribution < -0.4 is 0 Å². The van der Waals surface area contributed by atoms with E-state index >= 15 is 0 Å². The molecular formula is C11H17NO2. The van der Waals surface area contributed by atoms with E-state index < -0.39 is 5.60 Å². The van der Waals surface area contributed by atoms with E-state index in [1.165, 1.54) is 4.90 Å². The molecule has 1 aliphatic rings. The van der Waals surface area contributed by atoms with E-state index in [9.17, 15) is 4.79 Å². The van der Waals surface area contributed by atoms with Gasteiger partial charge in [0.1, 0.15) is 5.60 Å². The van der Waals surface area contributed by atoms with E-state index in [4.69, 9.17) is 4.74 Å². The van der Waals surface area contributed by atoms with Crippen molar-refractivity contribution in [3.8, 4) is 0 Å². The number of rotatable bonds is 0. The lowest BCUT2D eigenvalue weighted by atomic mass is 10.2. The maximum absolute atomic E-state index is 11.6. The lowest BCUT2D eigenvalue weighted by molar-refractivity contribution is 0.0375. The first-order valence-corrected chi connectivity index (χ1v) is 4.77. The molecule has 0 aliphatic carbocycles. The fourth-order valence-corrected chi connectivity index (χ4v) is 1.16. The molecule has 0 atom stereocenters. The Hall–Kier alpha value is -1.25. The fraction of sp³-hybridized carbons (Fsp3) is 0.545. The Bertz CT molecular complexity index is 274. The SMILES string of the molecule is C=C1CCC=CN1C(=O)OC(C)(C)C. The van der Waals surface area contributed by atoms with Gasteiger partial charge in [-0.2, -0.15) is 0 Å². The zero-order chi connectivity index (χ0) is 10.8. The van der Waals surface area contributed by atoms with Crippen LogP contribution in [0.3, 0.4) is 0 Å². The standard InChI is InChI=1S/C11H17NO2/c1-9-7-5-6-8-12(9)10(13)14-11(2,3)4/h6,8H,1,5,7H2,2-4H3. The van der Waals surface area contributed by atoms with Gasteiger partial charge in [-0.05, 0) is 33.6 Å². The summed E-state index contributed by atoms with van der Waals surface area (Å²) in [6.45, 7) is 9.37. The van der Waals surface area contributed by atoms with Gasteiger partial charge in [-0.15, -0.1) is 0 Å². The number of carbonyl (C=O) groups is 1. The van der Waals surface area contributed by atoms with Gasteiger partial charge in [0.2, 0.25) is 0 Å². The molecule has 14 heavy (non-hydrogen) atoms. The Labute approximate surface area is 85.0 Å². The lowest BCUT2D eigenvalue weighted by Gasteiger charge is -2.27. The normalized spacial score (nSPS) is 17.1. The van der Waals surface area contributed by atoms with Gasteiger partial charge in [-0.1, -0.05) is 12.7 Å². The first-order chi connectivity index (χ1) is 6.40. The number of carbonyl (C=O) groups excluding carboxylic acids is 1. The van der Waals surface area contributed by atoms with Crippen LogP contribution in [0.2, 0.25) is 0 Å². The zero-order valence-electron chi connectivity index (χ0n) is 9.04. The molecule has 3 heteroatoms. The Balaban J connectivity index is 2.64. The Morgan fingerprint density at radius 2 is 2.21 bits per heavy atom. The van der Waals surface area contributed by atoms with Crippen LogP contribution in [-0.4, -0.2) is 16.6 Å². The van der Waals surface area contributed by atoms with Gasteiger partial charge in [0.15, 0.2) is 0 Å². The maximum atomic E-state index is 11.6. The number of hydrogen-bond acceptors (Lipinski definition) is 2. The smallest absolute Gasteiger partial charge is 0.418 e. The number of ether oxygens (including phenoxy) is 1. The fourth-order valence-electron chi connectivity index (χ4n) is 1.16. The molecule has 3 nitrogen and oxygen atoms in total. The van der Waals surface area contributed by atoms with E-state index in [1.54, 1.807) is 6.20 Å². The topological polar surface area (TPSA) is 29.5 Å². The van der Waals surface area contributed by atoms with Gasteiger partial charge in [0.25, 0.3) is 0 Å². The van der Waals surface area contributed by atoms with Crippen LogP contribution in [0, 0.1) is 0 Å². The van der Waals surface area contributed by atoms with E-state index in [-0.39, 0.29) is 6.09 Å². The molecule has 0 fully saturated rings. The maximum Gasteiger partial charge on any atom is 0.418 e. The first kappa shape index (κ1) is 10.8. The minimum absolute atomic E-state index is 0.349. The van der Waals surface area contributed by atoms with Crippen LogP contribution in [0.25, 0.3) is 0 Å². The highest BCUT2D eigenvalue weighted by molar-refractivity contribution is 5.71. The molecule has 0 aromatic carbocycles. The molecule has 0 unspecified atom stereocenters. The summed E-state index contributed by atoms with van der Waals surface area (Å²) in [6.07, 6.45) is 5.07. The molecule has 0 radical (unpaired) electrons. The predicted octanol–water partition coefficient (Wildman–Crippen LogP) is 3.04. The minimum Gasteiger partial charge on any atom is -0.443 e. The number of allylic oxidation sites excluding steroid dienone is 2.